The zero-order valence-corrected chi connectivity index (χ0v) is 8.91. The predicted octanol–water partition coefficient (Wildman–Crippen LogP) is 0.424. The number of nitriles is 2. The summed E-state index contributed by atoms with van der Waals surface area (Å²) < 4.78 is 31.9. The summed E-state index contributed by atoms with van der Waals surface area (Å²) in [4.78, 5) is -1.32. The summed E-state index contributed by atoms with van der Waals surface area (Å²) in [5.41, 5.74) is 0. The van der Waals surface area contributed by atoms with E-state index < -0.39 is 19.6 Å². The third-order valence-electron chi connectivity index (χ3n) is 1.25. The molecule has 7 heteroatoms. The molecule has 0 heterocycles. The van der Waals surface area contributed by atoms with E-state index in [0.717, 1.165) is 12.5 Å². The zero-order chi connectivity index (χ0) is 11.9. The first kappa shape index (κ1) is 13.0. The number of ether oxygens (including phenoxy) is 2. The van der Waals surface area contributed by atoms with Crippen molar-refractivity contribution in [1.29, 1.82) is 10.5 Å². The van der Waals surface area contributed by atoms with Crippen LogP contribution in [0.5, 0.6) is 0 Å². The molecule has 0 aliphatic rings. The topological polar surface area (TPSA) is 100 Å². The highest BCUT2D eigenvalue weighted by Gasteiger charge is 2.24. The third-order valence-corrected chi connectivity index (χ3v) is 2.78. The Kier molecular flexibility index (Phi) is 4.93. The van der Waals surface area contributed by atoms with Crippen LogP contribution in [0.3, 0.4) is 0 Å². The molecule has 0 saturated carbocycles. The van der Waals surface area contributed by atoms with Gasteiger partial charge in [0.2, 0.25) is 9.84 Å². The van der Waals surface area contributed by atoms with Crippen LogP contribution in [0, 0.1) is 22.7 Å². The summed E-state index contributed by atoms with van der Waals surface area (Å²) in [5, 5.41) is 17.1. The minimum Gasteiger partial charge on any atom is -0.502 e. The SMILES string of the molecule is COC=C(C#N)S(=O)(=O)C(C#N)=COC. The lowest BCUT2D eigenvalue weighted by Crippen LogP contribution is -2.06. The van der Waals surface area contributed by atoms with Gasteiger partial charge < -0.3 is 9.47 Å². The molecular formula is C8H8N2O4S. The smallest absolute Gasteiger partial charge is 0.232 e. The van der Waals surface area contributed by atoms with Gasteiger partial charge in [0, 0.05) is 0 Å². The van der Waals surface area contributed by atoms with Crippen LogP contribution in [0.25, 0.3) is 0 Å². The fourth-order valence-electron chi connectivity index (χ4n) is 0.632. The monoisotopic (exact) mass is 228 g/mol. The highest BCUT2D eigenvalue weighted by molar-refractivity contribution is 7.99. The fraction of sp³-hybridized carbons (Fsp3) is 0.250. The largest absolute Gasteiger partial charge is 0.502 e. The molecule has 0 unspecified atom stereocenters. The van der Waals surface area contributed by atoms with Gasteiger partial charge in [0.05, 0.1) is 14.2 Å². The van der Waals surface area contributed by atoms with Gasteiger partial charge in [-0.1, -0.05) is 0 Å². The standard InChI is InChI=1S/C8H8N2O4S/c1-13-5-7(3-9)15(11,12)8(4-10)6-14-2/h5-6H,1-2H3. The summed E-state index contributed by atoms with van der Waals surface area (Å²) in [6, 6.07) is 2.83. The average molecular weight is 228 g/mol. The number of hydrogen-bond donors (Lipinski definition) is 0. The Hall–Kier alpha value is -1.99. The summed E-state index contributed by atoms with van der Waals surface area (Å²) in [6.07, 6.45) is 1.49. The number of methoxy groups -OCH3 is 2. The van der Waals surface area contributed by atoms with Gasteiger partial charge in [0.1, 0.15) is 24.7 Å². The molecule has 0 aliphatic heterocycles. The highest BCUT2D eigenvalue weighted by Crippen LogP contribution is 2.16. The summed E-state index contributed by atoms with van der Waals surface area (Å²) in [7, 11) is -1.75. The Morgan fingerprint density at radius 3 is 1.60 bits per heavy atom. The molecule has 0 amide bonds. The second kappa shape index (κ2) is 5.68. The number of allylic oxidation sites excluding steroid dienone is 2. The van der Waals surface area contributed by atoms with E-state index in [1.807, 2.05) is 0 Å². The van der Waals surface area contributed by atoms with Gasteiger partial charge >= 0.3 is 0 Å². The molecule has 80 valence electrons. The van der Waals surface area contributed by atoms with Crippen LogP contribution >= 0.6 is 0 Å². The molecule has 0 aliphatic carbocycles. The van der Waals surface area contributed by atoms with Crippen LogP contribution in [0.15, 0.2) is 22.3 Å². The first-order valence-electron chi connectivity index (χ1n) is 3.55. The van der Waals surface area contributed by atoms with Crippen molar-refractivity contribution in [3.63, 3.8) is 0 Å². The lowest BCUT2D eigenvalue weighted by molar-refractivity contribution is 0.336. The fourth-order valence-corrected chi connectivity index (χ4v) is 1.56. The molecule has 0 aromatic carbocycles. The molecule has 0 spiro atoms. The van der Waals surface area contributed by atoms with E-state index in [9.17, 15) is 8.42 Å². The van der Waals surface area contributed by atoms with Gasteiger partial charge in [0.15, 0.2) is 9.81 Å². The number of nitrogens with zero attached hydrogens (tertiary/aromatic N) is 2. The Morgan fingerprint density at radius 2 is 1.40 bits per heavy atom. The maximum atomic E-state index is 11.5. The second-order valence-electron chi connectivity index (χ2n) is 2.16. The van der Waals surface area contributed by atoms with Gasteiger partial charge in [-0.25, -0.2) is 8.42 Å². The Morgan fingerprint density at radius 1 is 1.07 bits per heavy atom. The first-order chi connectivity index (χ1) is 7.04. The van der Waals surface area contributed by atoms with Crippen LogP contribution in [0.4, 0.5) is 0 Å². The van der Waals surface area contributed by atoms with E-state index >= 15 is 0 Å². The van der Waals surface area contributed by atoms with Crippen molar-refractivity contribution in [1.82, 2.24) is 0 Å². The molecule has 0 saturated heterocycles. The van der Waals surface area contributed by atoms with Crippen molar-refractivity contribution < 1.29 is 17.9 Å². The van der Waals surface area contributed by atoms with Crippen molar-refractivity contribution >= 4 is 9.84 Å². The van der Waals surface area contributed by atoms with Crippen LogP contribution in [-0.2, 0) is 19.3 Å². The maximum Gasteiger partial charge on any atom is 0.232 e. The molecule has 6 nitrogen and oxygen atoms in total. The van der Waals surface area contributed by atoms with E-state index in [0.29, 0.717) is 0 Å². The quantitative estimate of drug-likeness (QED) is 0.510. The maximum absolute atomic E-state index is 11.5. The molecule has 0 N–H and O–H groups in total. The van der Waals surface area contributed by atoms with Gasteiger partial charge in [-0.2, -0.15) is 10.5 Å². The molecule has 0 rings (SSSR count). The minimum absolute atomic E-state index is 0.658. The molecule has 0 fully saturated rings. The Bertz CT molecular complexity index is 424. The predicted molar refractivity (Wildman–Crippen MR) is 50.3 cm³/mol. The van der Waals surface area contributed by atoms with Gasteiger partial charge in [-0.15, -0.1) is 0 Å². The molecule has 0 radical (unpaired) electrons. The van der Waals surface area contributed by atoms with E-state index in [4.69, 9.17) is 10.5 Å². The Labute approximate surface area is 87.6 Å². The summed E-state index contributed by atoms with van der Waals surface area (Å²) in [5.74, 6) is 0. The van der Waals surface area contributed by atoms with E-state index in [2.05, 4.69) is 9.47 Å². The van der Waals surface area contributed by atoms with Crippen LogP contribution in [-0.4, -0.2) is 22.6 Å². The Balaban J connectivity index is 5.54. The number of hydrogen-bond acceptors (Lipinski definition) is 6. The molecule has 15 heavy (non-hydrogen) atoms. The van der Waals surface area contributed by atoms with E-state index in [1.54, 1.807) is 0 Å². The number of sulfone groups is 1. The molecule has 0 bridgehead atoms. The van der Waals surface area contributed by atoms with Crippen LogP contribution in [0.1, 0.15) is 0 Å². The molecule has 0 aromatic rings. The van der Waals surface area contributed by atoms with Crippen molar-refractivity contribution in [2.75, 3.05) is 14.2 Å². The van der Waals surface area contributed by atoms with Crippen LogP contribution in [0.2, 0.25) is 0 Å². The van der Waals surface area contributed by atoms with Crippen molar-refractivity contribution in [3.8, 4) is 12.1 Å². The highest BCUT2D eigenvalue weighted by atomic mass is 32.2. The third kappa shape index (κ3) is 3.01. The first-order valence-corrected chi connectivity index (χ1v) is 5.04. The van der Waals surface area contributed by atoms with E-state index in [-0.39, 0.29) is 0 Å². The van der Waals surface area contributed by atoms with Gasteiger partial charge in [0.25, 0.3) is 0 Å². The lowest BCUT2D eigenvalue weighted by atomic mass is 10.7. The van der Waals surface area contributed by atoms with E-state index in [1.165, 1.54) is 26.4 Å². The van der Waals surface area contributed by atoms with Crippen molar-refractivity contribution in [2.24, 2.45) is 0 Å². The number of rotatable bonds is 4. The second-order valence-corrected chi connectivity index (χ2v) is 4.05. The minimum atomic E-state index is -4.14. The van der Waals surface area contributed by atoms with Crippen molar-refractivity contribution in [2.45, 2.75) is 0 Å². The zero-order valence-electron chi connectivity index (χ0n) is 8.09. The van der Waals surface area contributed by atoms with Gasteiger partial charge in [-0.05, 0) is 0 Å². The molecule has 0 aromatic heterocycles. The molecule has 0 atom stereocenters. The summed E-state index contributed by atoms with van der Waals surface area (Å²) in [6.45, 7) is 0. The normalized spacial score (nSPS) is 12.5. The molecular weight excluding hydrogens is 220 g/mol. The van der Waals surface area contributed by atoms with Gasteiger partial charge in [-0.3, -0.25) is 0 Å². The van der Waals surface area contributed by atoms with Crippen molar-refractivity contribution in [3.05, 3.63) is 22.3 Å². The average Bonchev–Trinajstić information content (AvgIpc) is 2.21. The summed E-state index contributed by atoms with van der Waals surface area (Å²) >= 11 is 0. The van der Waals surface area contributed by atoms with Crippen LogP contribution < -0.4 is 0 Å². The lowest BCUT2D eigenvalue weighted by Gasteiger charge is -1.99.